The molecule has 0 aliphatic heterocycles. The molecule has 0 bridgehead atoms. The summed E-state index contributed by atoms with van der Waals surface area (Å²) in [6.07, 6.45) is 0.934. The highest BCUT2D eigenvalue weighted by Gasteiger charge is 2.13. The van der Waals surface area contributed by atoms with Gasteiger partial charge in [0.15, 0.2) is 0 Å². The van der Waals surface area contributed by atoms with Gasteiger partial charge in [0.1, 0.15) is 5.75 Å². The zero-order chi connectivity index (χ0) is 12.3. The van der Waals surface area contributed by atoms with Crippen molar-refractivity contribution in [3.8, 4) is 5.75 Å². The van der Waals surface area contributed by atoms with Gasteiger partial charge in [-0.05, 0) is 30.7 Å². The van der Waals surface area contributed by atoms with Crippen molar-refractivity contribution in [1.82, 2.24) is 4.72 Å². The maximum Gasteiger partial charge on any atom is 0.264 e. The molecule has 1 N–H and O–H groups in total. The van der Waals surface area contributed by atoms with Gasteiger partial charge in [-0.15, -0.1) is 0 Å². The summed E-state index contributed by atoms with van der Waals surface area (Å²) in [6, 6.07) is 4.79. The summed E-state index contributed by atoms with van der Waals surface area (Å²) in [6.45, 7) is 1.71. The summed E-state index contributed by atoms with van der Waals surface area (Å²) in [5.74, 6) is -0.0175. The Kier molecular flexibility index (Phi) is 3.54. The molecular weight excluding hydrogens is 230 g/mol. The first-order valence-electron chi connectivity index (χ1n) is 4.50. The van der Waals surface area contributed by atoms with Crippen molar-refractivity contribution in [3.63, 3.8) is 0 Å². The number of aryl methyl sites for hydroxylation is 1. The van der Waals surface area contributed by atoms with Crippen LogP contribution < -0.4 is 9.46 Å². The van der Waals surface area contributed by atoms with Crippen LogP contribution in [0.3, 0.4) is 0 Å². The second-order valence-electron chi connectivity index (χ2n) is 3.38. The maximum atomic E-state index is 11.5. The molecule has 0 aliphatic carbocycles. The average molecular weight is 243 g/mol. The summed E-state index contributed by atoms with van der Waals surface area (Å²) in [7, 11) is -2.02. The van der Waals surface area contributed by atoms with E-state index in [0.29, 0.717) is 16.9 Å². The van der Waals surface area contributed by atoms with Crippen molar-refractivity contribution < 1.29 is 17.9 Å². The molecule has 1 amide bonds. The summed E-state index contributed by atoms with van der Waals surface area (Å²) in [4.78, 5) is 11.5. The molecule has 1 aromatic carbocycles. The third kappa shape index (κ3) is 3.23. The van der Waals surface area contributed by atoms with Crippen LogP contribution in [0.5, 0.6) is 5.75 Å². The minimum absolute atomic E-state index is 0.311. The molecule has 0 spiro atoms. The lowest BCUT2D eigenvalue weighted by Gasteiger charge is -2.07. The molecule has 0 aromatic heterocycles. The normalized spacial score (nSPS) is 10.9. The lowest BCUT2D eigenvalue weighted by Crippen LogP contribution is -2.29. The third-order valence-corrected chi connectivity index (χ3v) is 2.51. The topological polar surface area (TPSA) is 72.5 Å². The highest BCUT2D eigenvalue weighted by Crippen LogP contribution is 2.16. The van der Waals surface area contributed by atoms with E-state index in [2.05, 4.69) is 0 Å². The molecule has 1 aromatic rings. The van der Waals surface area contributed by atoms with Crippen molar-refractivity contribution >= 4 is 15.9 Å². The van der Waals surface area contributed by atoms with Crippen LogP contribution in [0.25, 0.3) is 0 Å². The molecule has 1 rings (SSSR count). The van der Waals surface area contributed by atoms with Gasteiger partial charge in [0.05, 0.1) is 13.4 Å². The van der Waals surface area contributed by atoms with Gasteiger partial charge in [0.25, 0.3) is 5.91 Å². The molecule has 0 aliphatic rings. The first-order valence-corrected chi connectivity index (χ1v) is 6.39. The number of sulfonamides is 1. The Hall–Kier alpha value is -1.56. The van der Waals surface area contributed by atoms with Crippen LogP contribution in [0.4, 0.5) is 0 Å². The van der Waals surface area contributed by atoms with Gasteiger partial charge in [0, 0.05) is 5.56 Å². The Morgan fingerprint density at radius 2 is 2.00 bits per heavy atom. The van der Waals surface area contributed by atoms with Crippen LogP contribution in [0.1, 0.15) is 15.9 Å². The lowest BCUT2D eigenvalue weighted by atomic mass is 10.1. The predicted octanol–water partition coefficient (Wildman–Crippen LogP) is 0.693. The predicted molar refractivity (Wildman–Crippen MR) is 60.0 cm³/mol. The van der Waals surface area contributed by atoms with E-state index in [1.807, 2.05) is 4.72 Å². The van der Waals surface area contributed by atoms with Crippen molar-refractivity contribution in [1.29, 1.82) is 0 Å². The van der Waals surface area contributed by atoms with Crippen molar-refractivity contribution in [3.05, 3.63) is 29.3 Å². The van der Waals surface area contributed by atoms with Gasteiger partial charge in [-0.3, -0.25) is 4.79 Å². The molecule has 88 valence electrons. The van der Waals surface area contributed by atoms with Crippen LogP contribution in [0.15, 0.2) is 18.2 Å². The lowest BCUT2D eigenvalue weighted by molar-refractivity contribution is 0.0981. The Morgan fingerprint density at radius 3 is 2.44 bits per heavy atom. The average Bonchev–Trinajstić information content (AvgIpc) is 2.14. The van der Waals surface area contributed by atoms with E-state index < -0.39 is 15.9 Å². The Labute approximate surface area is 94.5 Å². The Balaban J connectivity index is 3.01. The monoisotopic (exact) mass is 243 g/mol. The standard InChI is InChI=1S/C10H13NO4S/c1-7-6-8(15-2)4-5-9(7)10(12)11-16(3,13)14/h4-6H,1-3H3,(H,11,12). The highest BCUT2D eigenvalue weighted by molar-refractivity contribution is 7.89. The number of hydrogen-bond acceptors (Lipinski definition) is 4. The molecule has 0 heterocycles. The molecular formula is C10H13NO4S. The fourth-order valence-corrected chi connectivity index (χ4v) is 1.69. The molecule has 16 heavy (non-hydrogen) atoms. The van der Waals surface area contributed by atoms with Gasteiger partial charge in [0.2, 0.25) is 10.0 Å². The maximum absolute atomic E-state index is 11.5. The molecule has 6 heteroatoms. The number of rotatable bonds is 3. The van der Waals surface area contributed by atoms with E-state index in [0.717, 1.165) is 6.26 Å². The number of carbonyl (C=O) groups excluding carboxylic acids is 1. The minimum Gasteiger partial charge on any atom is -0.497 e. The fourth-order valence-electron chi connectivity index (χ4n) is 1.24. The van der Waals surface area contributed by atoms with Crippen molar-refractivity contribution in [2.24, 2.45) is 0 Å². The van der Waals surface area contributed by atoms with Crippen molar-refractivity contribution in [2.75, 3.05) is 13.4 Å². The van der Waals surface area contributed by atoms with E-state index in [1.165, 1.54) is 13.2 Å². The number of amides is 1. The van der Waals surface area contributed by atoms with Crippen molar-refractivity contribution in [2.45, 2.75) is 6.92 Å². The smallest absolute Gasteiger partial charge is 0.264 e. The van der Waals surface area contributed by atoms with Crippen LogP contribution in [0.2, 0.25) is 0 Å². The van der Waals surface area contributed by atoms with E-state index in [-0.39, 0.29) is 0 Å². The molecule has 0 atom stereocenters. The van der Waals surface area contributed by atoms with Gasteiger partial charge in [-0.25, -0.2) is 13.1 Å². The Morgan fingerprint density at radius 1 is 1.38 bits per heavy atom. The molecule has 0 unspecified atom stereocenters. The summed E-state index contributed by atoms with van der Waals surface area (Å²) < 4.78 is 28.7. The first kappa shape index (κ1) is 12.5. The quantitative estimate of drug-likeness (QED) is 0.848. The number of carbonyl (C=O) groups is 1. The second kappa shape index (κ2) is 4.52. The van der Waals surface area contributed by atoms with Crippen LogP contribution in [-0.4, -0.2) is 27.7 Å². The van der Waals surface area contributed by atoms with E-state index in [4.69, 9.17) is 4.74 Å². The van der Waals surface area contributed by atoms with Crippen LogP contribution in [-0.2, 0) is 10.0 Å². The minimum atomic E-state index is -3.53. The fraction of sp³-hybridized carbons (Fsp3) is 0.300. The first-order chi connectivity index (χ1) is 7.33. The van der Waals surface area contributed by atoms with Gasteiger partial charge in [-0.2, -0.15) is 0 Å². The number of benzene rings is 1. The summed E-state index contributed by atoms with van der Waals surface area (Å²) in [5.41, 5.74) is 0.965. The van der Waals surface area contributed by atoms with E-state index in [9.17, 15) is 13.2 Å². The molecule has 0 radical (unpaired) electrons. The second-order valence-corrected chi connectivity index (χ2v) is 5.13. The van der Waals surface area contributed by atoms with E-state index in [1.54, 1.807) is 19.1 Å². The molecule has 5 nitrogen and oxygen atoms in total. The highest BCUT2D eigenvalue weighted by atomic mass is 32.2. The number of nitrogens with one attached hydrogen (secondary N) is 1. The number of hydrogen-bond donors (Lipinski definition) is 1. The van der Waals surface area contributed by atoms with Crippen LogP contribution in [0, 0.1) is 6.92 Å². The third-order valence-electron chi connectivity index (χ3n) is 1.96. The van der Waals surface area contributed by atoms with Crippen LogP contribution >= 0.6 is 0 Å². The van der Waals surface area contributed by atoms with Gasteiger partial charge < -0.3 is 4.74 Å². The number of ether oxygens (including phenoxy) is 1. The summed E-state index contributed by atoms with van der Waals surface area (Å²) >= 11 is 0. The molecule has 0 fully saturated rings. The molecule has 0 saturated carbocycles. The largest absolute Gasteiger partial charge is 0.497 e. The van der Waals surface area contributed by atoms with E-state index >= 15 is 0 Å². The number of methoxy groups -OCH3 is 1. The zero-order valence-electron chi connectivity index (χ0n) is 9.27. The SMILES string of the molecule is COc1ccc(C(=O)NS(C)(=O)=O)c(C)c1. The van der Waals surface area contributed by atoms with Gasteiger partial charge in [-0.1, -0.05) is 0 Å². The summed E-state index contributed by atoms with van der Waals surface area (Å²) in [5, 5.41) is 0. The Bertz CT molecular complexity index is 508. The van der Waals surface area contributed by atoms with Gasteiger partial charge >= 0.3 is 0 Å². The zero-order valence-corrected chi connectivity index (χ0v) is 10.1. The molecule has 0 saturated heterocycles.